The van der Waals surface area contributed by atoms with E-state index in [2.05, 4.69) is 12.2 Å². The Morgan fingerprint density at radius 3 is 2.50 bits per heavy atom. The van der Waals surface area contributed by atoms with Crippen LogP contribution in [0.15, 0.2) is 12.1 Å². The van der Waals surface area contributed by atoms with Crippen LogP contribution in [0.1, 0.15) is 30.5 Å². The summed E-state index contributed by atoms with van der Waals surface area (Å²) in [6, 6.07) is 4.33. The van der Waals surface area contributed by atoms with E-state index in [0.717, 1.165) is 23.7 Å². The highest BCUT2D eigenvalue weighted by molar-refractivity contribution is 7.99. The number of methoxy groups -OCH3 is 2. The first-order chi connectivity index (χ1) is 8.71. The van der Waals surface area contributed by atoms with Gasteiger partial charge in [0.1, 0.15) is 11.5 Å². The monoisotopic (exact) mass is 267 g/mol. The summed E-state index contributed by atoms with van der Waals surface area (Å²) < 4.78 is 11.0. The summed E-state index contributed by atoms with van der Waals surface area (Å²) in [6.45, 7) is 2.28. The van der Waals surface area contributed by atoms with Crippen molar-refractivity contribution >= 4 is 11.8 Å². The normalized spacial score (nSPS) is 23.1. The standard InChI is InChI=1S/C14H21NO2S/c1-9-7-11(15-2)14-10(8-18-9)12(16-3)5-6-13(14)17-4/h5-6,9,11,15H,7-8H2,1-4H3. The van der Waals surface area contributed by atoms with Crippen LogP contribution in [0.3, 0.4) is 0 Å². The van der Waals surface area contributed by atoms with Crippen molar-refractivity contribution in [2.45, 2.75) is 30.4 Å². The van der Waals surface area contributed by atoms with E-state index >= 15 is 0 Å². The summed E-state index contributed by atoms with van der Waals surface area (Å²) >= 11 is 1.97. The van der Waals surface area contributed by atoms with Crippen LogP contribution < -0.4 is 14.8 Å². The minimum absolute atomic E-state index is 0.329. The Labute approximate surface area is 113 Å². The van der Waals surface area contributed by atoms with E-state index in [1.807, 2.05) is 30.9 Å². The van der Waals surface area contributed by atoms with E-state index < -0.39 is 0 Å². The van der Waals surface area contributed by atoms with Gasteiger partial charge < -0.3 is 14.8 Å². The SMILES string of the molecule is CNC1CC(C)SCc2c(OC)ccc(OC)c21. The van der Waals surface area contributed by atoms with Gasteiger partial charge in [-0.3, -0.25) is 0 Å². The highest BCUT2D eigenvalue weighted by Gasteiger charge is 2.27. The summed E-state index contributed by atoms with van der Waals surface area (Å²) in [7, 11) is 5.47. The molecule has 1 heterocycles. The number of hydrogen-bond donors (Lipinski definition) is 1. The number of fused-ring (bicyclic) bond motifs is 1. The lowest BCUT2D eigenvalue weighted by Gasteiger charge is -2.22. The third kappa shape index (κ3) is 2.45. The fraction of sp³-hybridized carbons (Fsp3) is 0.571. The third-order valence-corrected chi connectivity index (χ3v) is 4.71. The molecule has 1 N–H and O–H groups in total. The average Bonchev–Trinajstić information content (AvgIpc) is 2.57. The second-order valence-corrected chi connectivity index (χ2v) is 5.99. The summed E-state index contributed by atoms with van der Waals surface area (Å²) in [5.41, 5.74) is 2.53. The molecule has 0 spiro atoms. The Bertz CT molecular complexity index is 423. The second kappa shape index (κ2) is 5.85. The maximum Gasteiger partial charge on any atom is 0.124 e. The fourth-order valence-electron chi connectivity index (χ4n) is 2.53. The van der Waals surface area contributed by atoms with Gasteiger partial charge in [-0.05, 0) is 25.6 Å². The number of benzene rings is 1. The van der Waals surface area contributed by atoms with Gasteiger partial charge in [-0.1, -0.05) is 6.92 Å². The molecule has 0 fully saturated rings. The van der Waals surface area contributed by atoms with Gasteiger partial charge in [0, 0.05) is 28.2 Å². The molecule has 2 atom stereocenters. The molecule has 100 valence electrons. The largest absolute Gasteiger partial charge is 0.496 e. The van der Waals surface area contributed by atoms with Crippen LogP contribution in [0.4, 0.5) is 0 Å². The quantitative estimate of drug-likeness (QED) is 0.912. The molecule has 0 bridgehead atoms. The number of thioether (sulfide) groups is 1. The molecule has 0 saturated heterocycles. The van der Waals surface area contributed by atoms with E-state index in [1.165, 1.54) is 11.1 Å². The van der Waals surface area contributed by atoms with E-state index in [1.54, 1.807) is 14.2 Å². The zero-order chi connectivity index (χ0) is 13.1. The van der Waals surface area contributed by atoms with Gasteiger partial charge in [0.25, 0.3) is 0 Å². The Balaban J connectivity index is 2.55. The summed E-state index contributed by atoms with van der Waals surface area (Å²) in [5.74, 6) is 2.90. The molecule has 1 aromatic carbocycles. The maximum atomic E-state index is 5.53. The van der Waals surface area contributed by atoms with Crippen molar-refractivity contribution in [2.75, 3.05) is 21.3 Å². The van der Waals surface area contributed by atoms with Crippen LogP contribution in [0, 0.1) is 0 Å². The molecule has 1 aromatic rings. The van der Waals surface area contributed by atoms with Crippen LogP contribution in [0.5, 0.6) is 11.5 Å². The molecular formula is C14H21NO2S. The van der Waals surface area contributed by atoms with Crippen molar-refractivity contribution in [3.05, 3.63) is 23.3 Å². The zero-order valence-electron chi connectivity index (χ0n) is 11.4. The molecule has 2 rings (SSSR count). The topological polar surface area (TPSA) is 30.5 Å². The molecule has 1 aliphatic rings. The number of nitrogens with one attached hydrogen (secondary N) is 1. The Kier molecular flexibility index (Phi) is 4.40. The number of rotatable bonds is 3. The maximum absolute atomic E-state index is 5.53. The molecule has 3 nitrogen and oxygen atoms in total. The minimum Gasteiger partial charge on any atom is -0.496 e. The van der Waals surface area contributed by atoms with Crippen molar-refractivity contribution in [1.29, 1.82) is 0 Å². The predicted octanol–water partition coefficient (Wildman–Crippen LogP) is 2.99. The van der Waals surface area contributed by atoms with Gasteiger partial charge in [0.15, 0.2) is 0 Å². The first-order valence-corrected chi connectivity index (χ1v) is 7.28. The highest BCUT2D eigenvalue weighted by Crippen LogP contribution is 2.43. The molecule has 0 saturated carbocycles. The average molecular weight is 267 g/mol. The van der Waals surface area contributed by atoms with Gasteiger partial charge in [-0.15, -0.1) is 0 Å². The summed E-state index contributed by atoms with van der Waals surface area (Å²) in [5, 5.41) is 4.04. The molecule has 18 heavy (non-hydrogen) atoms. The molecule has 4 heteroatoms. The fourth-order valence-corrected chi connectivity index (χ4v) is 3.61. The van der Waals surface area contributed by atoms with Gasteiger partial charge >= 0.3 is 0 Å². The van der Waals surface area contributed by atoms with Gasteiger partial charge in [0.2, 0.25) is 0 Å². The molecule has 0 aliphatic carbocycles. The molecule has 0 amide bonds. The zero-order valence-corrected chi connectivity index (χ0v) is 12.3. The van der Waals surface area contributed by atoms with Crippen molar-refractivity contribution in [3.8, 4) is 11.5 Å². The Morgan fingerprint density at radius 1 is 1.22 bits per heavy atom. The first kappa shape index (κ1) is 13.6. The minimum atomic E-state index is 0.329. The molecule has 1 aliphatic heterocycles. The van der Waals surface area contributed by atoms with Crippen LogP contribution in [-0.4, -0.2) is 26.5 Å². The lowest BCUT2D eigenvalue weighted by Crippen LogP contribution is -2.20. The van der Waals surface area contributed by atoms with E-state index in [4.69, 9.17) is 9.47 Å². The van der Waals surface area contributed by atoms with E-state index in [9.17, 15) is 0 Å². The van der Waals surface area contributed by atoms with Crippen LogP contribution in [0.2, 0.25) is 0 Å². The van der Waals surface area contributed by atoms with Gasteiger partial charge in [-0.25, -0.2) is 0 Å². The van der Waals surface area contributed by atoms with Crippen molar-refractivity contribution < 1.29 is 9.47 Å². The van der Waals surface area contributed by atoms with Crippen LogP contribution in [0.25, 0.3) is 0 Å². The van der Waals surface area contributed by atoms with Gasteiger partial charge in [-0.2, -0.15) is 11.8 Å². The van der Waals surface area contributed by atoms with Crippen molar-refractivity contribution in [1.82, 2.24) is 5.32 Å². The third-order valence-electron chi connectivity index (χ3n) is 3.49. The smallest absolute Gasteiger partial charge is 0.124 e. The van der Waals surface area contributed by atoms with E-state index in [-0.39, 0.29) is 0 Å². The Hall–Kier alpha value is -0.870. The lowest BCUT2D eigenvalue weighted by molar-refractivity contribution is 0.387. The molecular weight excluding hydrogens is 246 g/mol. The van der Waals surface area contributed by atoms with Crippen LogP contribution >= 0.6 is 11.8 Å². The number of hydrogen-bond acceptors (Lipinski definition) is 4. The lowest BCUT2D eigenvalue weighted by atomic mass is 9.96. The van der Waals surface area contributed by atoms with E-state index in [0.29, 0.717) is 11.3 Å². The first-order valence-electron chi connectivity index (χ1n) is 6.23. The number of ether oxygens (including phenoxy) is 2. The van der Waals surface area contributed by atoms with Crippen LogP contribution in [-0.2, 0) is 5.75 Å². The molecule has 0 radical (unpaired) electrons. The Morgan fingerprint density at radius 2 is 1.89 bits per heavy atom. The summed E-state index contributed by atoms with van der Waals surface area (Å²) in [6.07, 6.45) is 1.11. The van der Waals surface area contributed by atoms with Crippen molar-refractivity contribution in [3.63, 3.8) is 0 Å². The van der Waals surface area contributed by atoms with Gasteiger partial charge in [0.05, 0.1) is 14.2 Å². The highest BCUT2D eigenvalue weighted by atomic mass is 32.2. The van der Waals surface area contributed by atoms with Crippen molar-refractivity contribution in [2.24, 2.45) is 0 Å². The summed E-state index contributed by atoms with van der Waals surface area (Å²) in [4.78, 5) is 0. The molecule has 0 aromatic heterocycles. The second-order valence-electron chi connectivity index (χ2n) is 4.56. The molecule has 2 unspecified atom stereocenters. The predicted molar refractivity (Wildman–Crippen MR) is 76.7 cm³/mol.